The van der Waals surface area contributed by atoms with E-state index in [0.29, 0.717) is 43.1 Å². The Morgan fingerprint density at radius 3 is 2.43 bits per heavy atom. The summed E-state index contributed by atoms with van der Waals surface area (Å²) < 4.78 is 22.0. The molecule has 296 valence electrons. The molecule has 0 amide bonds. The van der Waals surface area contributed by atoms with Crippen LogP contribution < -0.4 is 5.32 Å². The van der Waals surface area contributed by atoms with Crippen LogP contribution in [0.25, 0.3) is 11.4 Å². The van der Waals surface area contributed by atoms with Gasteiger partial charge in [0.1, 0.15) is 11.6 Å². The van der Waals surface area contributed by atoms with Crippen LogP contribution in [0.5, 0.6) is 0 Å². The number of likely N-dealkylation sites (N-methyl/N-ethyl adjacent to an activating group) is 1. The fraction of sp³-hybridized carbons (Fsp3) is 0.705. The molecule has 3 fully saturated rings. The zero-order valence-electron chi connectivity index (χ0n) is 34.1. The van der Waals surface area contributed by atoms with E-state index in [1.165, 1.54) is 17.7 Å². The zero-order chi connectivity index (χ0) is 39.4. The summed E-state index contributed by atoms with van der Waals surface area (Å²) in [5, 5.41) is 22.5. The molecule has 4 aliphatic rings. The predicted octanol–water partition coefficient (Wildman–Crippen LogP) is 8.56. The van der Waals surface area contributed by atoms with Gasteiger partial charge in [0.05, 0.1) is 23.4 Å². The molecule has 6 rings (SSSR count). The van der Waals surface area contributed by atoms with Gasteiger partial charge in [-0.3, -0.25) is 14.4 Å². The minimum atomic E-state index is -1.17. The molecule has 9 nitrogen and oxygen atoms in total. The molecule has 3 saturated carbocycles. The highest BCUT2D eigenvalue weighted by Gasteiger charge is 2.64. The number of Topliss-reactive ketones (excluding diaryl/α,β-unsaturated/α-hetero) is 1. The van der Waals surface area contributed by atoms with Crippen molar-refractivity contribution < 1.29 is 28.6 Å². The number of aromatic nitrogens is 3. The van der Waals surface area contributed by atoms with Gasteiger partial charge in [0.2, 0.25) is 0 Å². The molecule has 0 saturated heterocycles. The number of carbonyl (C=O) groups is 3. The van der Waals surface area contributed by atoms with Crippen LogP contribution in [0.3, 0.4) is 0 Å². The highest BCUT2D eigenvalue weighted by atomic mass is 19.1. The quantitative estimate of drug-likeness (QED) is 0.196. The third kappa shape index (κ3) is 6.87. The van der Waals surface area contributed by atoms with E-state index in [-0.39, 0.29) is 46.8 Å². The fourth-order valence-electron chi connectivity index (χ4n) is 11.7. The standard InChI is InChI=1S/C44H63FN4O5/c1-26(2)36-33(50)24-44(39-48-47-38(49(39)23-22-46-9)29-10-12-30(45)13-11-29)21-18-32-31(37(36)44)14-15-34-42(7,27(3)16-19-43(32,34)8)20-17-28(4)54-35(51)25-41(5,6)40(52)53/h10-13,26-28,31-32,34,46H,14-25H2,1-9H3,(H,52,53)/t27-,28?,31?,32?,34-,42?,43?,44?/m1/s1. The molecule has 4 aliphatic carbocycles. The van der Waals surface area contributed by atoms with E-state index < -0.39 is 22.8 Å². The summed E-state index contributed by atoms with van der Waals surface area (Å²) in [5.41, 5.74) is 1.60. The largest absolute Gasteiger partial charge is 0.481 e. The summed E-state index contributed by atoms with van der Waals surface area (Å²) in [4.78, 5) is 38.6. The highest BCUT2D eigenvalue weighted by molar-refractivity contribution is 6.01. The van der Waals surface area contributed by atoms with Crippen LogP contribution in [0.2, 0.25) is 0 Å². The number of fused-ring (bicyclic) bond motifs is 5. The Morgan fingerprint density at radius 2 is 1.78 bits per heavy atom. The first-order chi connectivity index (χ1) is 25.4. The van der Waals surface area contributed by atoms with E-state index in [1.54, 1.807) is 26.0 Å². The van der Waals surface area contributed by atoms with Crippen molar-refractivity contribution in [2.45, 2.75) is 138 Å². The molecule has 1 heterocycles. The number of nitrogens with zero attached hydrogens (tertiary/aromatic N) is 3. The number of benzene rings is 1. The predicted molar refractivity (Wildman–Crippen MR) is 207 cm³/mol. The number of carboxylic acids is 1. The summed E-state index contributed by atoms with van der Waals surface area (Å²) in [7, 11) is 1.93. The number of ether oxygens (including phenoxy) is 1. The monoisotopic (exact) mass is 746 g/mol. The van der Waals surface area contributed by atoms with Gasteiger partial charge in [-0.1, -0.05) is 34.6 Å². The molecule has 10 heteroatoms. The topological polar surface area (TPSA) is 123 Å². The van der Waals surface area contributed by atoms with Gasteiger partial charge in [0.15, 0.2) is 11.6 Å². The number of carbonyl (C=O) groups excluding carboxylic acids is 2. The molecule has 1 aromatic heterocycles. The average Bonchev–Trinajstić information content (AvgIpc) is 3.67. The van der Waals surface area contributed by atoms with E-state index in [9.17, 15) is 23.9 Å². The summed E-state index contributed by atoms with van der Waals surface area (Å²) in [6.45, 7) is 18.1. The highest BCUT2D eigenvalue weighted by Crippen LogP contribution is 2.70. The summed E-state index contributed by atoms with van der Waals surface area (Å²) in [6.07, 6.45) is 7.90. The van der Waals surface area contributed by atoms with Gasteiger partial charge < -0.3 is 19.7 Å². The number of nitrogens with one attached hydrogen (secondary N) is 1. The van der Waals surface area contributed by atoms with Gasteiger partial charge in [-0.25, -0.2) is 4.39 Å². The first-order valence-corrected chi connectivity index (χ1v) is 20.4. The van der Waals surface area contributed by atoms with Crippen molar-refractivity contribution in [2.24, 2.45) is 45.8 Å². The third-order valence-corrected chi connectivity index (χ3v) is 14.8. The SMILES string of the molecule is CNCCn1c(-c2ccc(F)cc2)nnc1C12CCC3C(CC[C@H]4C3(C)CC[C@@H](C)C4(C)CCC(C)OC(=O)CC(C)(C)C(=O)O)C1=C(C(C)C)C(=O)C2. The van der Waals surface area contributed by atoms with Crippen LogP contribution in [0.4, 0.5) is 4.39 Å². The van der Waals surface area contributed by atoms with E-state index in [2.05, 4.69) is 44.5 Å². The lowest BCUT2D eigenvalue weighted by Crippen LogP contribution is -2.57. The molecule has 2 N–H and O–H groups in total. The average molecular weight is 747 g/mol. The van der Waals surface area contributed by atoms with Crippen molar-refractivity contribution in [1.82, 2.24) is 20.1 Å². The molecule has 0 aliphatic heterocycles. The number of rotatable bonds is 13. The van der Waals surface area contributed by atoms with Crippen LogP contribution >= 0.6 is 0 Å². The van der Waals surface area contributed by atoms with E-state index in [0.717, 1.165) is 68.3 Å². The first-order valence-electron chi connectivity index (χ1n) is 20.4. The number of carboxylic acid groups (broad SMARTS) is 1. The summed E-state index contributed by atoms with van der Waals surface area (Å²) >= 11 is 0. The van der Waals surface area contributed by atoms with E-state index in [4.69, 9.17) is 14.9 Å². The van der Waals surface area contributed by atoms with Crippen molar-refractivity contribution in [3.63, 3.8) is 0 Å². The van der Waals surface area contributed by atoms with Crippen molar-refractivity contribution in [3.8, 4) is 11.4 Å². The normalized spacial score (nSPS) is 31.6. The molecule has 0 spiro atoms. The van der Waals surface area contributed by atoms with Crippen LogP contribution in [-0.2, 0) is 31.1 Å². The van der Waals surface area contributed by atoms with Gasteiger partial charge in [-0.15, -0.1) is 10.2 Å². The summed E-state index contributed by atoms with van der Waals surface area (Å²) in [5.74, 6) is 1.89. The number of halogens is 1. The molecule has 1 aromatic carbocycles. The summed E-state index contributed by atoms with van der Waals surface area (Å²) in [6, 6.07) is 6.45. The number of aliphatic carboxylic acids is 1. The second-order valence-electron chi connectivity index (χ2n) is 18.8. The van der Waals surface area contributed by atoms with Crippen molar-refractivity contribution in [3.05, 3.63) is 47.1 Å². The molecular formula is C44H63FN4O5. The van der Waals surface area contributed by atoms with Gasteiger partial charge in [-0.2, -0.15) is 0 Å². The first kappa shape index (κ1) is 40.3. The van der Waals surface area contributed by atoms with Crippen LogP contribution in [0.15, 0.2) is 35.4 Å². The Morgan fingerprint density at radius 1 is 1.07 bits per heavy atom. The smallest absolute Gasteiger partial charge is 0.309 e. The molecule has 54 heavy (non-hydrogen) atoms. The number of allylic oxidation sites excluding steroid dienone is 2. The Hall–Kier alpha value is -3.40. The van der Waals surface area contributed by atoms with Crippen molar-refractivity contribution in [2.75, 3.05) is 13.6 Å². The number of ketones is 1. The lowest BCUT2D eigenvalue weighted by Gasteiger charge is -2.65. The van der Waals surface area contributed by atoms with E-state index >= 15 is 0 Å². The minimum absolute atomic E-state index is 0.0473. The number of hydrogen-bond acceptors (Lipinski definition) is 7. The molecule has 6 unspecified atom stereocenters. The van der Waals surface area contributed by atoms with Crippen LogP contribution in [-0.4, -0.2) is 57.3 Å². The third-order valence-electron chi connectivity index (χ3n) is 14.8. The van der Waals surface area contributed by atoms with Gasteiger partial charge in [0, 0.05) is 25.1 Å². The molecule has 0 bridgehead atoms. The van der Waals surface area contributed by atoms with Gasteiger partial charge in [-0.05, 0) is 155 Å². The lowest BCUT2D eigenvalue weighted by atomic mass is 9.40. The Bertz CT molecular complexity index is 1780. The maximum Gasteiger partial charge on any atom is 0.309 e. The lowest BCUT2D eigenvalue weighted by molar-refractivity contribution is -0.160. The number of esters is 1. The van der Waals surface area contributed by atoms with E-state index in [1.807, 2.05) is 14.0 Å². The molecule has 8 atom stereocenters. The Kier molecular flexibility index (Phi) is 11.1. The van der Waals surface area contributed by atoms with Gasteiger partial charge >= 0.3 is 11.9 Å². The van der Waals surface area contributed by atoms with Crippen molar-refractivity contribution >= 4 is 17.7 Å². The molecule has 2 aromatic rings. The maximum absolute atomic E-state index is 14.3. The molecule has 0 radical (unpaired) electrons. The second kappa shape index (κ2) is 14.9. The van der Waals surface area contributed by atoms with Crippen LogP contribution in [0.1, 0.15) is 125 Å². The minimum Gasteiger partial charge on any atom is -0.481 e. The molecular weight excluding hydrogens is 684 g/mol. The van der Waals surface area contributed by atoms with Crippen LogP contribution in [0, 0.1) is 51.7 Å². The zero-order valence-corrected chi connectivity index (χ0v) is 34.1. The Labute approximate surface area is 321 Å². The number of hydrogen-bond donors (Lipinski definition) is 2. The second-order valence-corrected chi connectivity index (χ2v) is 18.8. The van der Waals surface area contributed by atoms with Crippen molar-refractivity contribution in [1.29, 1.82) is 0 Å². The maximum atomic E-state index is 14.3. The fourth-order valence-corrected chi connectivity index (χ4v) is 11.7. The van der Waals surface area contributed by atoms with Gasteiger partial charge in [0.25, 0.3) is 0 Å². The Balaban J connectivity index is 1.31.